The van der Waals surface area contributed by atoms with Crippen molar-refractivity contribution in [2.24, 2.45) is 0 Å². The summed E-state index contributed by atoms with van der Waals surface area (Å²) < 4.78 is 0. The minimum atomic E-state index is 0.0314. The highest BCUT2D eigenvalue weighted by atomic mass is 32.2. The molecule has 156 valence electrons. The minimum Gasteiger partial charge on any atom is -0.372 e. The Labute approximate surface area is 181 Å². The van der Waals surface area contributed by atoms with Gasteiger partial charge in [-0.15, -0.1) is 0 Å². The fourth-order valence-corrected chi connectivity index (χ4v) is 4.56. The second-order valence-corrected chi connectivity index (χ2v) is 8.58. The molecule has 1 aromatic heterocycles. The molecule has 0 atom stereocenters. The van der Waals surface area contributed by atoms with Crippen molar-refractivity contribution in [3.63, 3.8) is 0 Å². The van der Waals surface area contributed by atoms with E-state index in [4.69, 9.17) is 0 Å². The summed E-state index contributed by atoms with van der Waals surface area (Å²) in [6, 6.07) is 16.4. The van der Waals surface area contributed by atoms with Crippen molar-refractivity contribution >= 4 is 23.4 Å². The van der Waals surface area contributed by atoms with E-state index in [-0.39, 0.29) is 5.91 Å². The van der Waals surface area contributed by atoms with Crippen LogP contribution < -0.4 is 4.90 Å². The standard InChI is InChI=1S/C23H27N5OS/c1-27(15-18-9-11-20(12-10-18)28-13-5-2-6-14-28)22(29)21-8-4-3-7-19(21)16-30-23-24-17-25-26-23/h3-4,7-12,17H,2,5-6,13-16H2,1H3,(H,24,25,26). The number of carbonyl (C=O) groups is 1. The number of amides is 1. The van der Waals surface area contributed by atoms with Crippen molar-refractivity contribution in [1.82, 2.24) is 20.1 Å². The molecule has 1 fully saturated rings. The van der Waals surface area contributed by atoms with Crippen LogP contribution in [0.5, 0.6) is 0 Å². The molecule has 1 amide bonds. The lowest BCUT2D eigenvalue weighted by atomic mass is 10.1. The average molecular weight is 422 g/mol. The molecule has 4 rings (SSSR count). The van der Waals surface area contributed by atoms with Crippen molar-refractivity contribution < 1.29 is 4.79 Å². The number of carbonyl (C=O) groups excluding carboxylic acids is 1. The summed E-state index contributed by atoms with van der Waals surface area (Å²) in [5.41, 5.74) is 4.15. The first-order valence-electron chi connectivity index (χ1n) is 10.4. The molecule has 2 aromatic carbocycles. The van der Waals surface area contributed by atoms with Crippen LogP contribution in [0.1, 0.15) is 40.7 Å². The Kier molecular flexibility index (Phi) is 6.69. The molecule has 0 bridgehead atoms. The van der Waals surface area contributed by atoms with Gasteiger partial charge in [0.05, 0.1) is 0 Å². The Morgan fingerprint density at radius 3 is 2.60 bits per heavy atom. The molecule has 0 saturated carbocycles. The number of aromatic amines is 1. The molecule has 3 aromatic rings. The van der Waals surface area contributed by atoms with Gasteiger partial charge in [0.25, 0.3) is 5.91 Å². The second-order valence-electron chi connectivity index (χ2n) is 7.61. The van der Waals surface area contributed by atoms with Crippen molar-refractivity contribution in [3.8, 4) is 0 Å². The molecule has 6 nitrogen and oxygen atoms in total. The van der Waals surface area contributed by atoms with Crippen LogP contribution in [0.25, 0.3) is 0 Å². The number of anilines is 1. The number of rotatable bonds is 7. The normalized spacial score (nSPS) is 14.0. The molecule has 1 saturated heterocycles. The molecule has 1 N–H and O–H groups in total. The summed E-state index contributed by atoms with van der Waals surface area (Å²) in [5.74, 6) is 0.694. The van der Waals surface area contributed by atoms with E-state index in [1.807, 2.05) is 31.3 Å². The Balaban J connectivity index is 1.40. The molecule has 0 unspecified atom stereocenters. The number of nitrogens with one attached hydrogen (secondary N) is 1. The monoisotopic (exact) mass is 421 g/mol. The maximum atomic E-state index is 13.1. The van der Waals surface area contributed by atoms with Crippen molar-refractivity contribution in [2.75, 3.05) is 25.0 Å². The lowest BCUT2D eigenvalue weighted by Crippen LogP contribution is -2.29. The third-order valence-corrected chi connectivity index (χ3v) is 6.35. The summed E-state index contributed by atoms with van der Waals surface area (Å²) in [5, 5.41) is 7.46. The number of nitrogens with zero attached hydrogens (tertiary/aromatic N) is 4. The van der Waals surface area contributed by atoms with Gasteiger partial charge in [-0.05, 0) is 48.6 Å². The van der Waals surface area contributed by atoms with E-state index >= 15 is 0 Å². The predicted molar refractivity (Wildman–Crippen MR) is 121 cm³/mol. The lowest BCUT2D eigenvalue weighted by Gasteiger charge is -2.29. The summed E-state index contributed by atoms with van der Waals surface area (Å²) in [6.07, 6.45) is 5.36. The van der Waals surface area contributed by atoms with Gasteiger partial charge >= 0.3 is 0 Å². The zero-order chi connectivity index (χ0) is 20.8. The number of hydrogen-bond acceptors (Lipinski definition) is 5. The van der Waals surface area contributed by atoms with E-state index in [0.29, 0.717) is 12.3 Å². The highest BCUT2D eigenvalue weighted by molar-refractivity contribution is 7.98. The SMILES string of the molecule is CN(Cc1ccc(N2CCCCC2)cc1)C(=O)c1ccccc1CSc1ncn[nH]1. The zero-order valence-corrected chi connectivity index (χ0v) is 18.1. The first-order chi connectivity index (χ1) is 14.7. The molecule has 0 spiro atoms. The highest BCUT2D eigenvalue weighted by Crippen LogP contribution is 2.23. The summed E-state index contributed by atoms with van der Waals surface area (Å²) in [7, 11) is 1.86. The molecule has 1 aliphatic rings. The van der Waals surface area contributed by atoms with Crippen molar-refractivity contribution in [3.05, 3.63) is 71.5 Å². The maximum Gasteiger partial charge on any atom is 0.254 e. The van der Waals surface area contributed by atoms with Crippen LogP contribution in [-0.2, 0) is 12.3 Å². The molecular formula is C23H27N5OS. The van der Waals surface area contributed by atoms with Gasteiger partial charge in [0.2, 0.25) is 0 Å². The number of benzene rings is 2. The van der Waals surface area contributed by atoms with Gasteiger partial charge in [0.15, 0.2) is 5.16 Å². The van der Waals surface area contributed by atoms with Crippen LogP contribution in [-0.4, -0.2) is 46.1 Å². The largest absolute Gasteiger partial charge is 0.372 e. The third kappa shape index (κ3) is 5.02. The number of hydrogen-bond donors (Lipinski definition) is 1. The first kappa shape index (κ1) is 20.5. The maximum absolute atomic E-state index is 13.1. The van der Waals surface area contributed by atoms with E-state index in [0.717, 1.165) is 34.9 Å². The molecular weight excluding hydrogens is 394 g/mol. The van der Waals surface area contributed by atoms with Gasteiger partial charge in [-0.3, -0.25) is 9.89 Å². The van der Waals surface area contributed by atoms with Gasteiger partial charge in [0, 0.05) is 43.7 Å². The quantitative estimate of drug-likeness (QED) is 0.574. The molecule has 30 heavy (non-hydrogen) atoms. The molecule has 7 heteroatoms. The van der Waals surface area contributed by atoms with Crippen LogP contribution >= 0.6 is 11.8 Å². The van der Waals surface area contributed by atoms with Gasteiger partial charge in [-0.25, -0.2) is 4.98 Å². The van der Waals surface area contributed by atoms with Crippen LogP contribution in [0.3, 0.4) is 0 Å². The van der Waals surface area contributed by atoms with Crippen LogP contribution in [0.4, 0.5) is 5.69 Å². The molecule has 1 aliphatic heterocycles. The van der Waals surface area contributed by atoms with E-state index < -0.39 is 0 Å². The Morgan fingerprint density at radius 2 is 1.87 bits per heavy atom. The highest BCUT2D eigenvalue weighted by Gasteiger charge is 2.17. The summed E-state index contributed by atoms with van der Waals surface area (Å²) in [6.45, 7) is 2.86. The van der Waals surface area contributed by atoms with E-state index in [2.05, 4.69) is 44.3 Å². The molecule has 0 radical (unpaired) electrons. The van der Waals surface area contributed by atoms with Crippen LogP contribution in [0.15, 0.2) is 60.0 Å². The van der Waals surface area contributed by atoms with E-state index in [1.165, 1.54) is 43.0 Å². The molecule has 0 aliphatic carbocycles. The van der Waals surface area contributed by atoms with Gasteiger partial charge in [0.1, 0.15) is 6.33 Å². The smallest absolute Gasteiger partial charge is 0.254 e. The number of piperidine rings is 1. The Hall–Kier alpha value is -2.80. The number of aromatic nitrogens is 3. The van der Waals surface area contributed by atoms with Gasteiger partial charge in [-0.1, -0.05) is 42.1 Å². The van der Waals surface area contributed by atoms with Gasteiger partial charge < -0.3 is 9.80 Å². The topological polar surface area (TPSA) is 65.1 Å². The summed E-state index contributed by atoms with van der Waals surface area (Å²) in [4.78, 5) is 21.5. The predicted octanol–water partition coefficient (Wildman–Crippen LogP) is 4.36. The zero-order valence-electron chi connectivity index (χ0n) is 17.3. The van der Waals surface area contributed by atoms with Crippen molar-refractivity contribution in [1.29, 1.82) is 0 Å². The van der Waals surface area contributed by atoms with Crippen molar-refractivity contribution in [2.45, 2.75) is 36.7 Å². The lowest BCUT2D eigenvalue weighted by molar-refractivity contribution is 0.0784. The fourth-order valence-electron chi connectivity index (χ4n) is 3.78. The van der Waals surface area contributed by atoms with Gasteiger partial charge in [-0.2, -0.15) is 5.10 Å². The molecule has 2 heterocycles. The van der Waals surface area contributed by atoms with Crippen LogP contribution in [0, 0.1) is 0 Å². The number of H-pyrrole nitrogens is 1. The van der Waals surface area contributed by atoms with E-state index in [1.54, 1.807) is 4.90 Å². The first-order valence-corrected chi connectivity index (χ1v) is 11.3. The number of thioether (sulfide) groups is 1. The third-order valence-electron chi connectivity index (χ3n) is 5.43. The van der Waals surface area contributed by atoms with E-state index in [9.17, 15) is 4.79 Å². The fraction of sp³-hybridized carbons (Fsp3) is 0.348. The van der Waals surface area contributed by atoms with Crippen LogP contribution in [0.2, 0.25) is 0 Å². The average Bonchev–Trinajstić information content (AvgIpc) is 3.32. The summed E-state index contributed by atoms with van der Waals surface area (Å²) >= 11 is 1.54. The second kappa shape index (κ2) is 9.80. The Bertz CT molecular complexity index is 952. The Morgan fingerprint density at radius 1 is 1.10 bits per heavy atom. The minimum absolute atomic E-state index is 0.0314.